The highest BCUT2D eigenvalue weighted by atomic mass is 19.2. The zero-order chi connectivity index (χ0) is 15.0. The van der Waals surface area contributed by atoms with Crippen LogP contribution >= 0.6 is 0 Å². The molecule has 106 valence electrons. The van der Waals surface area contributed by atoms with Crippen LogP contribution in [0.15, 0.2) is 42.6 Å². The maximum atomic E-state index is 13.7. The van der Waals surface area contributed by atoms with Gasteiger partial charge in [-0.2, -0.15) is 0 Å². The van der Waals surface area contributed by atoms with Crippen LogP contribution in [-0.4, -0.2) is 4.98 Å². The summed E-state index contributed by atoms with van der Waals surface area (Å²) < 4.78 is 39.9. The molecule has 0 aliphatic heterocycles. The lowest BCUT2D eigenvalue weighted by atomic mass is 10.1. The monoisotopic (exact) mass is 289 g/mol. The number of rotatable bonds is 2. The molecule has 0 saturated heterocycles. The Balaban J connectivity index is 2.13. The molecule has 0 atom stereocenters. The van der Waals surface area contributed by atoms with Crippen molar-refractivity contribution in [2.24, 2.45) is 0 Å². The molecule has 3 N–H and O–H groups in total. The van der Waals surface area contributed by atoms with E-state index in [0.717, 1.165) is 17.5 Å². The predicted molar refractivity (Wildman–Crippen MR) is 75.8 cm³/mol. The number of aromatic nitrogens is 1. The molecular formula is C15H10F3N3. The molecule has 0 aliphatic carbocycles. The van der Waals surface area contributed by atoms with E-state index in [9.17, 15) is 13.2 Å². The quantitative estimate of drug-likeness (QED) is 0.554. The molecule has 3 nitrogen and oxygen atoms in total. The van der Waals surface area contributed by atoms with Gasteiger partial charge >= 0.3 is 0 Å². The van der Waals surface area contributed by atoms with Gasteiger partial charge in [0, 0.05) is 17.3 Å². The van der Waals surface area contributed by atoms with Crippen molar-refractivity contribution in [2.75, 3.05) is 11.1 Å². The second-order valence-electron chi connectivity index (χ2n) is 4.45. The normalized spacial score (nSPS) is 10.8. The summed E-state index contributed by atoms with van der Waals surface area (Å²) in [5.74, 6) is -3.81. The molecule has 21 heavy (non-hydrogen) atoms. The highest BCUT2D eigenvalue weighted by Crippen LogP contribution is 2.30. The summed E-state index contributed by atoms with van der Waals surface area (Å²) in [7, 11) is 0. The highest BCUT2D eigenvalue weighted by molar-refractivity contribution is 6.01. The van der Waals surface area contributed by atoms with Crippen molar-refractivity contribution in [1.82, 2.24) is 4.98 Å². The summed E-state index contributed by atoms with van der Waals surface area (Å²) in [6.45, 7) is 0. The van der Waals surface area contributed by atoms with E-state index in [1.165, 1.54) is 6.20 Å². The van der Waals surface area contributed by atoms with Crippen molar-refractivity contribution >= 4 is 28.0 Å². The molecule has 0 unspecified atom stereocenters. The third-order valence-corrected chi connectivity index (χ3v) is 3.11. The molecule has 0 spiro atoms. The fourth-order valence-corrected chi connectivity index (χ4v) is 2.10. The first-order valence-electron chi connectivity index (χ1n) is 6.11. The Morgan fingerprint density at radius 2 is 1.76 bits per heavy atom. The van der Waals surface area contributed by atoms with E-state index in [-0.39, 0.29) is 11.5 Å². The van der Waals surface area contributed by atoms with Crippen LogP contribution in [0.5, 0.6) is 0 Å². The van der Waals surface area contributed by atoms with Gasteiger partial charge in [-0.05, 0) is 29.7 Å². The van der Waals surface area contributed by atoms with E-state index < -0.39 is 17.5 Å². The Kier molecular flexibility index (Phi) is 3.13. The molecule has 3 rings (SSSR count). The Bertz CT molecular complexity index is 829. The molecule has 0 amide bonds. The number of anilines is 3. The molecular weight excluding hydrogens is 279 g/mol. The van der Waals surface area contributed by atoms with E-state index in [0.29, 0.717) is 11.1 Å². The van der Waals surface area contributed by atoms with Gasteiger partial charge in [-0.1, -0.05) is 12.1 Å². The van der Waals surface area contributed by atoms with Crippen molar-refractivity contribution in [3.8, 4) is 0 Å². The van der Waals surface area contributed by atoms with Gasteiger partial charge < -0.3 is 11.1 Å². The van der Waals surface area contributed by atoms with Crippen LogP contribution in [0.1, 0.15) is 0 Å². The molecule has 0 bridgehead atoms. The Morgan fingerprint density at radius 1 is 0.952 bits per heavy atom. The number of nitrogens with zero attached hydrogens (tertiary/aromatic N) is 1. The zero-order valence-electron chi connectivity index (χ0n) is 10.7. The summed E-state index contributed by atoms with van der Waals surface area (Å²) in [4.78, 5) is 4.08. The van der Waals surface area contributed by atoms with Crippen molar-refractivity contribution in [2.45, 2.75) is 0 Å². The lowest BCUT2D eigenvalue weighted by Crippen LogP contribution is -2.01. The van der Waals surface area contributed by atoms with Crippen LogP contribution in [0.2, 0.25) is 0 Å². The molecule has 3 aromatic rings. The van der Waals surface area contributed by atoms with Gasteiger partial charge in [-0.3, -0.25) is 0 Å². The van der Waals surface area contributed by atoms with E-state index in [2.05, 4.69) is 10.3 Å². The van der Waals surface area contributed by atoms with E-state index in [4.69, 9.17) is 5.73 Å². The first-order valence-corrected chi connectivity index (χ1v) is 6.11. The summed E-state index contributed by atoms with van der Waals surface area (Å²) in [5, 5.41) is 4.04. The van der Waals surface area contributed by atoms with Crippen molar-refractivity contribution < 1.29 is 13.2 Å². The fourth-order valence-electron chi connectivity index (χ4n) is 2.10. The topological polar surface area (TPSA) is 50.9 Å². The summed E-state index contributed by atoms with van der Waals surface area (Å²) in [6, 6.07) is 8.97. The van der Waals surface area contributed by atoms with Gasteiger partial charge in [0.2, 0.25) is 0 Å². The number of fused-ring (bicyclic) bond motifs is 1. The lowest BCUT2D eigenvalue weighted by molar-refractivity contribution is 0.449. The van der Waals surface area contributed by atoms with Crippen LogP contribution < -0.4 is 11.1 Å². The first kappa shape index (κ1) is 13.2. The molecule has 6 heteroatoms. The number of nitrogens with two attached hydrogens (primary N) is 1. The van der Waals surface area contributed by atoms with Crippen LogP contribution in [0.4, 0.5) is 30.4 Å². The minimum Gasteiger partial charge on any atom is -0.398 e. The van der Waals surface area contributed by atoms with Crippen molar-refractivity contribution in [1.29, 1.82) is 0 Å². The maximum absolute atomic E-state index is 13.7. The van der Waals surface area contributed by atoms with Gasteiger partial charge in [0.25, 0.3) is 0 Å². The largest absolute Gasteiger partial charge is 0.398 e. The van der Waals surface area contributed by atoms with Crippen LogP contribution in [0.3, 0.4) is 0 Å². The smallest absolute Gasteiger partial charge is 0.196 e. The SMILES string of the molecule is Nc1cccc2ccnc(Nc3ccc(F)c(F)c3F)c12. The molecule has 2 aromatic carbocycles. The van der Waals surface area contributed by atoms with Gasteiger partial charge in [0.1, 0.15) is 5.82 Å². The highest BCUT2D eigenvalue weighted by Gasteiger charge is 2.15. The number of benzene rings is 2. The number of pyridine rings is 1. The number of hydrogen-bond acceptors (Lipinski definition) is 3. The lowest BCUT2D eigenvalue weighted by Gasteiger charge is -2.11. The summed E-state index contributed by atoms with van der Waals surface area (Å²) in [5.41, 5.74) is 6.13. The number of nitrogens with one attached hydrogen (secondary N) is 1. The number of halogens is 3. The summed E-state index contributed by atoms with van der Waals surface area (Å²) in [6.07, 6.45) is 1.52. The Labute approximate surface area is 118 Å². The standard InChI is InChI=1S/C15H10F3N3/c16-9-4-5-11(14(18)13(9)17)21-15-12-8(6-7-20-15)2-1-3-10(12)19/h1-7H,19H2,(H,20,21). The summed E-state index contributed by atoms with van der Waals surface area (Å²) >= 11 is 0. The maximum Gasteiger partial charge on any atom is 0.196 e. The minimum absolute atomic E-state index is 0.211. The molecule has 1 heterocycles. The fraction of sp³-hybridized carbons (Fsp3) is 0. The van der Waals surface area contributed by atoms with Crippen molar-refractivity contribution in [3.05, 3.63) is 60.0 Å². The molecule has 0 radical (unpaired) electrons. The van der Waals surface area contributed by atoms with Gasteiger partial charge in [-0.25, -0.2) is 18.2 Å². The van der Waals surface area contributed by atoms with Gasteiger partial charge in [0.05, 0.1) is 5.69 Å². The van der Waals surface area contributed by atoms with E-state index >= 15 is 0 Å². The number of hydrogen-bond donors (Lipinski definition) is 2. The van der Waals surface area contributed by atoms with Gasteiger partial charge in [0.15, 0.2) is 17.5 Å². The average molecular weight is 289 g/mol. The van der Waals surface area contributed by atoms with E-state index in [1.807, 2.05) is 6.07 Å². The number of nitrogen functional groups attached to an aromatic ring is 1. The van der Waals surface area contributed by atoms with Crippen LogP contribution in [0.25, 0.3) is 10.8 Å². The van der Waals surface area contributed by atoms with Gasteiger partial charge in [-0.15, -0.1) is 0 Å². The average Bonchev–Trinajstić information content (AvgIpc) is 2.48. The molecule has 0 fully saturated rings. The van der Waals surface area contributed by atoms with E-state index in [1.54, 1.807) is 18.2 Å². The third-order valence-electron chi connectivity index (χ3n) is 3.11. The third kappa shape index (κ3) is 2.24. The zero-order valence-corrected chi connectivity index (χ0v) is 10.7. The second-order valence-corrected chi connectivity index (χ2v) is 4.45. The van der Waals surface area contributed by atoms with Crippen LogP contribution in [-0.2, 0) is 0 Å². The predicted octanol–water partition coefficient (Wildman–Crippen LogP) is 3.98. The second kappa shape index (κ2) is 4.97. The van der Waals surface area contributed by atoms with Crippen LogP contribution in [0, 0.1) is 17.5 Å². The van der Waals surface area contributed by atoms with Crippen molar-refractivity contribution in [3.63, 3.8) is 0 Å². The first-order chi connectivity index (χ1) is 10.1. The molecule has 0 aliphatic rings. The molecule has 1 aromatic heterocycles. The molecule has 0 saturated carbocycles. The Hall–Kier alpha value is -2.76. The minimum atomic E-state index is -1.53. The Morgan fingerprint density at radius 3 is 2.57 bits per heavy atom.